The summed E-state index contributed by atoms with van der Waals surface area (Å²) in [5.74, 6) is 1.24. The lowest BCUT2D eigenvalue weighted by Gasteiger charge is -2.32. The molecular formula is C27H30FNO5. The Hall–Kier alpha value is -3.06. The van der Waals surface area contributed by atoms with E-state index in [2.05, 4.69) is 0 Å². The number of rotatable bonds is 3. The summed E-state index contributed by atoms with van der Waals surface area (Å²) >= 11 is 0. The molecular weight excluding hydrogens is 437 g/mol. The number of hydrogen-bond donors (Lipinski definition) is 0. The van der Waals surface area contributed by atoms with Gasteiger partial charge in [-0.25, -0.2) is 9.18 Å². The van der Waals surface area contributed by atoms with Gasteiger partial charge in [-0.2, -0.15) is 0 Å². The minimum Gasteiger partial charge on any atom is -0.485 e. The molecule has 0 bridgehead atoms. The van der Waals surface area contributed by atoms with Gasteiger partial charge in [-0.3, -0.25) is 0 Å². The first-order valence-corrected chi connectivity index (χ1v) is 11.8. The third kappa shape index (κ3) is 4.62. The van der Waals surface area contributed by atoms with Crippen LogP contribution in [0.5, 0.6) is 11.5 Å². The fraction of sp³-hybridized carbons (Fsp3) is 0.444. The predicted molar refractivity (Wildman–Crippen MR) is 126 cm³/mol. The molecule has 180 valence electrons. The molecule has 34 heavy (non-hydrogen) atoms. The maximum absolute atomic E-state index is 15.0. The van der Waals surface area contributed by atoms with E-state index < -0.39 is 11.7 Å². The number of fused-ring (bicyclic) bond motifs is 1. The van der Waals surface area contributed by atoms with Gasteiger partial charge >= 0.3 is 6.09 Å². The van der Waals surface area contributed by atoms with E-state index in [0.29, 0.717) is 49.8 Å². The molecule has 3 aliphatic heterocycles. The maximum Gasteiger partial charge on any atom is 0.410 e. The van der Waals surface area contributed by atoms with Gasteiger partial charge in [0.15, 0.2) is 17.6 Å². The van der Waals surface area contributed by atoms with Crippen LogP contribution in [-0.4, -0.2) is 49.5 Å². The van der Waals surface area contributed by atoms with E-state index in [1.54, 1.807) is 17.0 Å². The molecule has 0 aromatic heterocycles. The summed E-state index contributed by atoms with van der Waals surface area (Å²) in [7, 11) is 0. The number of ether oxygens (including phenoxy) is 4. The summed E-state index contributed by atoms with van der Waals surface area (Å²) in [4.78, 5) is 14.1. The Morgan fingerprint density at radius 2 is 1.97 bits per heavy atom. The summed E-state index contributed by atoms with van der Waals surface area (Å²) in [5, 5.41) is 0. The average Bonchev–Trinajstić information content (AvgIpc) is 2.76. The normalized spacial score (nSPS) is 20.4. The highest BCUT2D eigenvalue weighted by molar-refractivity contribution is 5.76. The number of amides is 1. The van der Waals surface area contributed by atoms with E-state index >= 15 is 0 Å². The molecule has 3 heterocycles. The van der Waals surface area contributed by atoms with Crippen LogP contribution in [0.15, 0.2) is 42.5 Å². The van der Waals surface area contributed by atoms with E-state index in [9.17, 15) is 9.18 Å². The highest BCUT2D eigenvalue weighted by Crippen LogP contribution is 2.43. The first kappa shape index (κ1) is 22.7. The second-order valence-corrected chi connectivity index (χ2v) is 9.97. The molecule has 1 fully saturated rings. The smallest absolute Gasteiger partial charge is 0.410 e. The lowest BCUT2D eigenvalue weighted by molar-refractivity contribution is 0.00826. The van der Waals surface area contributed by atoms with Gasteiger partial charge in [0.05, 0.1) is 13.2 Å². The molecule has 0 radical (unpaired) electrons. The SMILES string of the molecule is CC(C)(C)OC(=O)N1CC=C(c2cccc3c2OC(c2ccc(C4COC4)cc2F)CO3)CC1. The van der Waals surface area contributed by atoms with Crippen molar-refractivity contribution in [1.82, 2.24) is 4.90 Å². The molecule has 7 heteroatoms. The fourth-order valence-corrected chi connectivity index (χ4v) is 4.39. The number of carbonyl (C=O) groups excluding carboxylic acids is 1. The number of nitrogens with zero attached hydrogens (tertiary/aromatic N) is 1. The molecule has 1 saturated heterocycles. The van der Waals surface area contributed by atoms with Gasteiger partial charge in [-0.1, -0.05) is 30.3 Å². The van der Waals surface area contributed by atoms with Crippen LogP contribution in [0.2, 0.25) is 0 Å². The van der Waals surface area contributed by atoms with Crippen molar-refractivity contribution in [1.29, 1.82) is 0 Å². The number of benzene rings is 2. The Morgan fingerprint density at radius 3 is 2.62 bits per heavy atom. The lowest BCUT2D eigenvalue weighted by Crippen LogP contribution is -2.39. The van der Waals surface area contributed by atoms with Crippen LogP contribution in [-0.2, 0) is 9.47 Å². The van der Waals surface area contributed by atoms with Crippen molar-refractivity contribution in [3.8, 4) is 11.5 Å². The largest absolute Gasteiger partial charge is 0.485 e. The summed E-state index contributed by atoms with van der Waals surface area (Å²) in [6, 6.07) is 11.1. The van der Waals surface area contributed by atoms with Gasteiger partial charge in [0.25, 0.3) is 0 Å². The maximum atomic E-state index is 15.0. The van der Waals surface area contributed by atoms with E-state index in [0.717, 1.165) is 16.7 Å². The van der Waals surface area contributed by atoms with Gasteiger partial charge in [0.1, 0.15) is 18.0 Å². The second kappa shape index (κ2) is 8.95. The lowest BCUT2D eigenvalue weighted by atomic mass is 9.94. The Balaban J connectivity index is 1.34. The Morgan fingerprint density at radius 1 is 1.15 bits per heavy atom. The zero-order valence-electron chi connectivity index (χ0n) is 19.8. The van der Waals surface area contributed by atoms with E-state index in [-0.39, 0.29) is 24.4 Å². The quantitative estimate of drug-likeness (QED) is 0.599. The van der Waals surface area contributed by atoms with Crippen LogP contribution in [0.25, 0.3) is 5.57 Å². The molecule has 1 amide bonds. The minimum absolute atomic E-state index is 0.241. The molecule has 6 nitrogen and oxygen atoms in total. The van der Waals surface area contributed by atoms with Crippen LogP contribution in [0, 0.1) is 5.82 Å². The first-order valence-electron chi connectivity index (χ1n) is 11.8. The van der Waals surface area contributed by atoms with Gasteiger partial charge in [0, 0.05) is 30.1 Å². The first-order chi connectivity index (χ1) is 16.3. The van der Waals surface area contributed by atoms with Crippen molar-refractivity contribution in [3.05, 3.63) is 65.0 Å². The second-order valence-electron chi connectivity index (χ2n) is 9.97. The highest BCUT2D eigenvalue weighted by atomic mass is 19.1. The van der Waals surface area contributed by atoms with E-state index in [4.69, 9.17) is 18.9 Å². The number of halogens is 1. The van der Waals surface area contributed by atoms with E-state index in [1.165, 1.54) is 0 Å². The molecule has 0 spiro atoms. The van der Waals surface area contributed by atoms with Crippen molar-refractivity contribution >= 4 is 11.7 Å². The number of hydrogen-bond acceptors (Lipinski definition) is 5. The van der Waals surface area contributed by atoms with Crippen molar-refractivity contribution in [2.24, 2.45) is 0 Å². The topological polar surface area (TPSA) is 57.2 Å². The zero-order valence-corrected chi connectivity index (χ0v) is 19.8. The molecule has 5 rings (SSSR count). The van der Waals surface area contributed by atoms with Crippen molar-refractivity contribution in [2.75, 3.05) is 32.9 Å². The Kier molecular flexibility index (Phi) is 5.98. The Bertz CT molecular complexity index is 1120. The van der Waals surface area contributed by atoms with Gasteiger partial charge in [-0.15, -0.1) is 0 Å². The van der Waals surface area contributed by atoms with Crippen LogP contribution in [0.1, 0.15) is 55.9 Å². The van der Waals surface area contributed by atoms with Crippen LogP contribution >= 0.6 is 0 Å². The van der Waals surface area contributed by atoms with E-state index in [1.807, 2.05) is 51.1 Å². The molecule has 1 atom stereocenters. The summed E-state index contributed by atoms with van der Waals surface area (Å²) in [6.07, 6.45) is 1.83. The van der Waals surface area contributed by atoms with Crippen LogP contribution in [0.3, 0.4) is 0 Å². The Labute approximate surface area is 199 Å². The highest BCUT2D eigenvalue weighted by Gasteiger charge is 2.30. The van der Waals surface area contributed by atoms with Crippen LogP contribution in [0.4, 0.5) is 9.18 Å². The molecule has 2 aromatic carbocycles. The van der Waals surface area contributed by atoms with Crippen molar-refractivity contribution < 1.29 is 28.1 Å². The summed E-state index contributed by atoms with van der Waals surface area (Å²) in [5.41, 5.74) is 2.89. The van der Waals surface area contributed by atoms with Gasteiger partial charge in [-0.05, 0) is 50.5 Å². The fourth-order valence-electron chi connectivity index (χ4n) is 4.39. The molecule has 0 N–H and O–H groups in total. The third-order valence-corrected chi connectivity index (χ3v) is 6.32. The number of carbonyl (C=O) groups is 1. The standard InChI is InChI=1S/C27H30FNO5/c1-27(2,3)34-26(30)29-11-9-17(10-12-29)20-5-4-6-23-25(20)33-24(16-32-23)21-8-7-18(13-22(21)28)19-14-31-15-19/h4-9,13,19,24H,10-12,14-16H2,1-3H3. The average molecular weight is 468 g/mol. The third-order valence-electron chi connectivity index (χ3n) is 6.32. The summed E-state index contributed by atoms with van der Waals surface area (Å²) < 4.78 is 38.0. The molecule has 0 aliphatic carbocycles. The van der Waals surface area contributed by atoms with Gasteiger partial charge < -0.3 is 23.8 Å². The predicted octanol–water partition coefficient (Wildman–Crippen LogP) is 5.48. The molecule has 3 aliphatic rings. The molecule has 2 aromatic rings. The van der Waals surface area contributed by atoms with Gasteiger partial charge in [0.2, 0.25) is 0 Å². The van der Waals surface area contributed by atoms with Crippen LogP contribution < -0.4 is 9.47 Å². The van der Waals surface area contributed by atoms with Crippen molar-refractivity contribution in [2.45, 2.75) is 44.8 Å². The monoisotopic (exact) mass is 467 g/mol. The molecule has 0 saturated carbocycles. The summed E-state index contributed by atoms with van der Waals surface area (Å²) in [6.45, 7) is 8.10. The zero-order chi connectivity index (χ0) is 23.9. The van der Waals surface area contributed by atoms with Crippen molar-refractivity contribution in [3.63, 3.8) is 0 Å². The minimum atomic E-state index is -0.539. The number of para-hydroxylation sites is 1. The molecule has 1 unspecified atom stereocenters.